The lowest BCUT2D eigenvalue weighted by atomic mass is 9.98. The average Bonchev–Trinajstić information content (AvgIpc) is 2.61. The highest BCUT2D eigenvalue weighted by Crippen LogP contribution is 2.34. The molecule has 4 heteroatoms. The molecule has 1 heterocycles. The van der Waals surface area contributed by atoms with Gasteiger partial charge in [0.25, 0.3) is 0 Å². The Balaban J connectivity index is 2.62. The standard InChI is InChI=1S/C15H20BrN3/c1-9-6-11(3)12(7-10(9)2)15-14(16)13(8-17-4)18-19(15)5/h6-7,17H,8H2,1-5H3. The van der Waals surface area contributed by atoms with Gasteiger partial charge >= 0.3 is 0 Å². The number of nitrogens with one attached hydrogen (secondary N) is 1. The Kier molecular flexibility index (Phi) is 4.11. The van der Waals surface area contributed by atoms with Gasteiger partial charge in [0.2, 0.25) is 0 Å². The zero-order chi connectivity index (χ0) is 14.2. The second-order valence-corrected chi connectivity index (χ2v) is 5.81. The van der Waals surface area contributed by atoms with Crippen LogP contribution >= 0.6 is 15.9 Å². The third kappa shape index (κ3) is 2.60. The number of hydrogen-bond donors (Lipinski definition) is 1. The Morgan fingerprint density at radius 1 is 1.16 bits per heavy atom. The number of nitrogens with zero attached hydrogens (tertiary/aromatic N) is 2. The van der Waals surface area contributed by atoms with Gasteiger partial charge in [-0.1, -0.05) is 6.07 Å². The third-order valence-electron chi connectivity index (χ3n) is 3.50. The summed E-state index contributed by atoms with van der Waals surface area (Å²) in [5.74, 6) is 0. The molecule has 0 radical (unpaired) electrons. The quantitative estimate of drug-likeness (QED) is 0.937. The van der Waals surface area contributed by atoms with E-state index in [0.29, 0.717) is 0 Å². The van der Waals surface area contributed by atoms with Crippen molar-refractivity contribution in [3.8, 4) is 11.3 Å². The largest absolute Gasteiger partial charge is 0.314 e. The molecular formula is C15H20BrN3. The van der Waals surface area contributed by atoms with E-state index in [4.69, 9.17) is 0 Å². The maximum atomic E-state index is 4.58. The molecule has 0 amide bonds. The molecule has 0 unspecified atom stereocenters. The molecule has 102 valence electrons. The molecule has 0 fully saturated rings. The second-order valence-electron chi connectivity index (χ2n) is 5.01. The zero-order valence-corrected chi connectivity index (χ0v) is 13.7. The van der Waals surface area contributed by atoms with Crippen molar-refractivity contribution in [1.82, 2.24) is 15.1 Å². The number of aromatic nitrogens is 2. The molecule has 0 aliphatic heterocycles. The Hall–Kier alpha value is -1.13. The highest BCUT2D eigenvalue weighted by molar-refractivity contribution is 9.10. The molecule has 0 saturated carbocycles. The van der Waals surface area contributed by atoms with Crippen LogP contribution in [0, 0.1) is 20.8 Å². The molecule has 1 aromatic heterocycles. The molecule has 2 rings (SSSR count). The van der Waals surface area contributed by atoms with Crippen molar-refractivity contribution in [2.75, 3.05) is 7.05 Å². The first-order valence-corrected chi connectivity index (χ1v) is 7.19. The van der Waals surface area contributed by atoms with E-state index >= 15 is 0 Å². The Morgan fingerprint density at radius 2 is 1.79 bits per heavy atom. The van der Waals surface area contributed by atoms with Crippen LogP contribution in [0.4, 0.5) is 0 Å². The summed E-state index contributed by atoms with van der Waals surface area (Å²) in [6.45, 7) is 7.21. The van der Waals surface area contributed by atoms with Gasteiger partial charge in [0, 0.05) is 19.2 Å². The molecule has 19 heavy (non-hydrogen) atoms. The van der Waals surface area contributed by atoms with E-state index < -0.39 is 0 Å². The molecule has 0 atom stereocenters. The van der Waals surface area contributed by atoms with Gasteiger partial charge < -0.3 is 5.32 Å². The Labute approximate surface area is 123 Å². The van der Waals surface area contributed by atoms with Crippen LogP contribution in [-0.2, 0) is 13.6 Å². The molecule has 1 N–H and O–H groups in total. The van der Waals surface area contributed by atoms with E-state index in [9.17, 15) is 0 Å². The first-order chi connectivity index (χ1) is 8.95. The van der Waals surface area contributed by atoms with Gasteiger partial charge in [0.05, 0.1) is 15.9 Å². The molecular weight excluding hydrogens is 302 g/mol. The van der Waals surface area contributed by atoms with E-state index in [1.165, 1.54) is 22.3 Å². The number of halogens is 1. The van der Waals surface area contributed by atoms with Crippen molar-refractivity contribution in [3.05, 3.63) is 39.0 Å². The van der Waals surface area contributed by atoms with Crippen LogP contribution in [0.15, 0.2) is 16.6 Å². The van der Waals surface area contributed by atoms with Crippen molar-refractivity contribution in [2.45, 2.75) is 27.3 Å². The first-order valence-electron chi connectivity index (χ1n) is 6.40. The summed E-state index contributed by atoms with van der Waals surface area (Å²) in [6.07, 6.45) is 0. The maximum Gasteiger partial charge on any atom is 0.0910 e. The number of benzene rings is 1. The molecule has 0 bridgehead atoms. The summed E-state index contributed by atoms with van der Waals surface area (Å²) in [4.78, 5) is 0. The van der Waals surface area contributed by atoms with E-state index in [1.54, 1.807) is 0 Å². The van der Waals surface area contributed by atoms with Crippen molar-refractivity contribution in [3.63, 3.8) is 0 Å². The minimum atomic E-state index is 0.762. The summed E-state index contributed by atoms with van der Waals surface area (Å²) < 4.78 is 3.03. The smallest absolute Gasteiger partial charge is 0.0910 e. The van der Waals surface area contributed by atoms with Gasteiger partial charge in [0.1, 0.15) is 0 Å². The molecule has 1 aromatic carbocycles. The third-order valence-corrected chi connectivity index (χ3v) is 4.33. The summed E-state index contributed by atoms with van der Waals surface area (Å²) in [5.41, 5.74) is 7.34. The van der Waals surface area contributed by atoms with E-state index in [-0.39, 0.29) is 0 Å². The minimum Gasteiger partial charge on any atom is -0.314 e. The molecule has 0 aliphatic rings. The topological polar surface area (TPSA) is 29.9 Å². The maximum absolute atomic E-state index is 4.58. The van der Waals surface area contributed by atoms with Crippen LogP contribution in [0.5, 0.6) is 0 Å². The SMILES string of the molecule is CNCc1nn(C)c(-c2cc(C)c(C)cc2C)c1Br. The van der Waals surface area contributed by atoms with Gasteiger partial charge in [-0.3, -0.25) is 4.68 Å². The van der Waals surface area contributed by atoms with E-state index in [1.807, 2.05) is 18.8 Å². The normalized spacial score (nSPS) is 11.1. The highest BCUT2D eigenvalue weighted by atomic mass is 79.9. The number of rotatable bonds is 3. The van der Waals surface area contributed by atoms with Crippen LogP contribution in [0.1, 0.15) is 22.4 Å². The number of hydrogen-bond acceptors (Lipinski definition) is 2. The summed E-state index contributed by atoms with van der Waals surface area (Å²) in [5, 5.41) is 7.72. The Bertz CT molecular complexity index is 614. The van der Waals surface area contributed by atoms with Crippen LogP contribution in [0.3, 0.4) is 0 Å². The van der Waals surface area contributed by atoms with Crippen LogP contribution in [0.2, 0.25) is 0 Å². The summed E-state index contributed by atoms with van der Waals surface area (Å²) >= 11 is 3.69. The summed E-state index contributed by atoms with van der Waals surface area (Å²) in [6, 6.07) is 4.48. The van der Waals surface area contributed by atoms with Crippen molar-refractivity contribution in [2.24, 2.45) is 7.05 Å². The van der Waals surface area contributed by atoms with E-state index in [0.717, 1.165) is 22.4 Å². The van der Waals surface area contributed by atoms with E-state index in [2.05, 4.69) is 59.2 Å². The minimum absolute atomic E-state index is 0.762. The highest BCUT2D eigenvalue weighted by Gasteiger charge is 2.17. The van der Waals surface area contributed by atoms with Crippen molar-refractivity contribution < 1.29 is 0 Å². The van der Waals surface area contributed by atoms with Crippen LogP contribution in [-0.4, -0.2) is 16.8 Å². The molecule has 2 aromatic rings. The van der Waals surface area contributed by atoms with Crippen molar-refractivity contribution in [1.29, 1.82) is 0 Å². The zero-order valence-electron chi connectivity index (χ0n) is 12.1. The fraction of sp³-hybridized carbons (Fsp3) is 0.400. The molecule has 0 spiro atoms. The first kappa shape index (κ1) is 14.3. The molecule has 3 nitrogen and oxygen atoms in total. The monoisotopic (exact) mass is 321 g/mol. The predicted octanol–water partition coefficient (Wildman–Crippen LogP) is 3.49. The lowest BCUT2D eigenvalue weighted by Gasteiger charge is -2.11. The van der Waals surface area contributed by atoms with Gasteiger partial charge in [-0.05, 0) is 66.5 Å². The fourth-order valence-corrected chi connectivity index (χ4v) is 3.03. The fourth-order valence-electron chi connectivity index (χ4n) is 2.34. The number of aryl methyl sites for hydroxylation is 4. The van der Waals surface area contributed by atoms with Gasteiger partial charge in [0.15, 0.2) is 0 Å². The predicted molar refractivity (Wildman–Crippen MR) is 83.3 cm³/mol. The van der Waals surface area contributed by atoms with Crippen LogP contribution in [0.25, 0.3) is 11.3 Å². The summed E-state index contributed by atoms with van der Waals surface area (Å²) in [7, 11) is 3.93. The van der Waals surface area contributed by atoms with Gasteiger partial charge in [-0.15, -0.1) is 0 Å². The van der Waals surface area contributed by atoms with Gasteiger partial charge in [-0.25, -0.2) is 0 Å². The lowest BCUT2D eigenvalue weighted by Crippen LogP contribution is -2.06. The molecule has 0 aliphatic carbocycles. The van der Waals surface area contributed by atoms with Crippen molar-refractivity contribution >= 4 is 15.9 Å². The van der Waals surface area contributed by atoms with Crippen LogP contribution < -0.4 is 5.32 Å². The Morgan fingerprint density at radius 3 is 2.42 bits per heavy atom. The lowest BCUT2D eigenvalue weighted by molar-refractivity contribution is 0.715. The second kappa shape index (κ2) is 5.47. The van der Waals surface area contributed by atoms with Gasteiger partial charge in [-0.2, -0.15) is 5.10 Å². The molecule has 0 saturated heterocycles. The average molecular weight is 322 g/mol.